The number of hydrazone groups is 1. The van der Waals surface area contributed by atoms with E-state index in [1.54, 1.807) is 6.92 Å². The largest absolute Gasteiger partial charge is 0.504 e. The molecule has 0 unspecified atom stereocenters. The molecule has 8 nitrogen and oxygen atoms in total. The molecule has 0 aliphatic carbocycles. The van der Waals surface area contributed by atoms with Gasteiger partial charge in [0.1, 0.15) is 23.4 Å². The van der Waals surface area contributed by atoms with E-state index in [9.17, 15) is 28.6 Å². The summed E-state index contributed by atoms with van der Waals surface area (Å²) < 4.78 is 27.0. The van der Waals surface area contributed by atoms with Gasteiger partial charge in [-0.2, -0.15) is 5.10 Å². The van der Waals surface area contributed by atoms with Crippen LogP contribution in [0.25, 0.3) is 0 Å². The summed E-state index contributed by atoms with van der Waals surface area (Å²) in [7, 11) is 0. The van der Waals surface area contributed by atoms with Gasteiger partial charge in [-0.3, -0.25) is 15.0 Å². The van der Waals surface area contributed by atoms with E-state index in [4.69, 9.17) is 0 Å². The molecule has 1 aromatic rings. The first kappa shape index (κ1) is 25.8. The number of hydrogen-bond donors (Lipinski definition) is 4. The standard InChI is InChI=1S/C23H30F2N4O4/c1-4-7-8-16-20(30)21(31)17(13-27-28-19(5-2)29(6-3)23(16)33)22(32)26-12-14-9-10-15(24)11-18(14)25/h9-11,13,19,28,30-31H,4-8,12H2,1-3H3,(H,26,32)/b20-16-,21-17?,27-13?/t19-/m0/s1. The van der Waals surface area contributed by atoms with Crippen LogP contribution in [-0.2, 0) is 16.1 Å². The van der Waals surface area contributed by atoms with E-state index in [-0.39, 0.29) is 24.1 Å². The topological polar surface area (TPSA) is 114 Å². The summed E-state index contributed by atoms with van der Waals surface area (Å²) in [6.07, 6.45) is 2.56. The molecular weight excluding hydrogens is 434 g/mol. The molecule has 0 fully saturated rings. The molecule has 0 radical (unpaired) electrons. The van der Waals surface area contributed by atoms with Crippen LogP contribution in [0.2, 0.25) is 0 Å². The number of aliphatic hydroxyl groups is 2. The van der Waals surface area contributed by atoms with Crippen molar-refractivity contribution < 1.29 is 28.6 Å². The Morgan fingerprint density at radius 2 is 1.94 bits per heavy atom. The highest BCUT2D eigenvalue weighted by atomic mass is 19.1. The van der Waals surface area contributed by atoms with E-state index in [1.165, 1.54) is 11.0 Å². The number of nitrogens with zero attached hydrogens (tertiary/aromatic N) is 2. The molecule has 1 aliphatic heterocycles. The third-order valence-electron chi connectivity index (χ3n) is 5.28. The lowest BCUT2D eigenvalue weighted by atomic mass is 10.0. The first-order valence-electron chi connectivity index (χ1n) is 10.9. The van der Waals surface area contributed by atoms with Crippen LogP contribution in [0, 0.1) is 11.6 Å². The van der Waals surface area contributed by atoms with Gasteiger partial charge in [0, 0.05) is 24.7 Å². The van der Waals surface area contributed by atoms with E-state index >= 15 is 0 Å². The SMILES string of the molecule is CCCC/C1=C(/O)C(O)=C(C(=O)NCc2ccc(F)cc2F)C=NN[C@H](CC)N(CC)C1=O. The van der Waals surface area contributed by atoms with Crippen LogP contribution >= 0.6 is 0 Å². The second-order valence-electron chi connectivity index (χ2n) is 7.51. The quantitative estimate of drug-likeness (QED) is 0.470. The Balaban J connectivity index is 2.46. The van der Waals surface area contributed by atoms with Crippen LogP contribution in [0.15, 0.2) is 46.0 Å². The van der Waals surface area contributed by atoms with Gasteiger partial charge < -0.3 is 20.4 Å². The highest BCUT2D eigenvalue weighted by Gasteiger charge is 2.29. The van der Waals surface area contributed by atoms with Crippen molar-refractivity contribution in [2.75, 3.05) is 6.54 Å². The highest BCUT2D eigenvalue weighted by Crippen LogP contribution is 2.23. The van der Waals surface area contributed by atoms with E-state index < -0.39 is 46.7 Å². The summed E-state index contributed by atoms with van der Waals surface area (Å²) in [5, 5.41) is 27.8. The summed E-state index contributed by atoms with van der Waals surface area (Å²) in [6, 6.07) is 2.94. The molecule has 1 aliphatic rings. The number of carbonyl (C=O) groups excluding carboxylic acids is 2. The fourth-order valence-electron chi connectivity index (χ4n) is 3.36. The molecule has 33 heavy (non-hydrogen) atoms. The molecule has 180 valence electrons. The molecule has 0 bridgehead atoms. The Bertz CT molecular complexity index is 975. The van der Waals surface area contributed by atoms with E-state index in [0.717, 1.165) is 18.7 Å². The normalized spacial score (nSPS) is 19.5. The van der Waals surface area contributed by atoms with Crippen LogP contribution in [0.5, 0.6) is 0 Å². The number of likely N-dealkylation sites (N-methyl/N-ethyl adjacent to an activating group) is 1. The Labute approximate surface area is 191 Å². The van der Waals surface area contributed by atoms with E-state index in [0.29, 0.717) is 25.5 Å². The third kappa shape index (κ3) is 6.30. The maximum absolute atomic E-state index is 13.9. The Morgan fingerprint density at radius 3 is 2.55 bits per heavy atom. The van der Waals surface area contributed by atoms with Crippen LogP contribution in [0.3, 0.4) is 0 Å². The van der Waals surface area contributed by atoms with Gasteiger partial charge in [0.05, 0.1) is 11.8 Å². The van der Waals surface area contributed by atoms with Crippen molar-refractivity contribution in [2.24, 2.45) is 5.10 Å². The number of amides is 2. The number of unbranched alkanes of at least 4 members (excludes halogenated alkanes) is 1. The van der Waals surface area contributed by atoms with Crippen molar-refractivity contribution >= 4 is 18.0 Å². The molecule has 0 saturated heterocycles. The Kier molecular flexibility index (Phi) is 9.38. The van der Waals surface area contributed by atoms with Crippen LogP contribution in [-0.4, -0.2) is 45.9 Å². The predicted octanol–water partition coefficient (Wildman–Crippen LogP) is 3.57. The summed E-state index contributed by atoms with van der Waals surface area (Å²) in [5.41, 5.74) is 2.41. The van der Waals surface area contributed by atoms with E-state index in [1.807, 2.05) is 13.8 Å². The highest BCUT2D eigenvalue weighted by molar-refractivity contribution is 6.13. The molecule has 10 heteroatoms. The van der Waals surface area contributed by atoms with Gasteiger partial charge in [-0.25, -0.2) is 8.78 Å². The molecule has 0 spiro atoms. The zero-order valence-electron chi connectivity index (χ0n) is 19.0. The lowest BCUT2D eigenvalue weighted by Gasteiger charge is -2.31. The maximum Gasteiger partial charge on any atom is 0.257 e. The number of rotatable bonds is 8. The molecule has 1 heterocycles. The lowest BCUT2D eigenvalue weighted by Crippen LogP contribution is -2.48. The number of hydrogen-bond acceptors (Lipinski definition) is 6. The number of carbonyl (C=O) groups is 2. The Hall–Kier alpha value is -3.43. The minimum absolute atomic E-state index is 0.0124. The fourth-order valence-corrected chi connectivity index (χ4v) is 3.36. The molecule has 0 aromatic heterocycles. The van der Waals surface area contributed by atoms with Crippen LogP contribution in [0.1, 0.15) is 52.0 Å². The third-order valence-corrected chi connectivity index (χ3v) is 5.28. The van der Waals surface area contributed by atoms with Gasteiger partial charge in [0.15, 0.2) is 11.5 Å². The summed E-state index contributed by atoms with van der Waals surface area (Å²) in [6.45, 7) is 5.60. The summed E-state index contributed by atoms with van der Waals surface area (Å²) in [5.74, 6) is -4.44. The maximum atomic E-state index is 13.9. The molecule has 2 rings (SSSR count). The summed E-state index contributed by atoms with van der Waals surface area (Å²) in [4.78, 5) is 27.5. The second-order valence-corrected chi connectivity index (χ2v) is 7.51. The molecule has 4 N–H and O–H groups in total. The zero-order chi connectivity index (χ0) is 24.5. The van der Waals surface area contributed by atoms with Crippen molar-refractivity contribution in [1.29, 1.82) is 0 Å². The minimum atomic E-state index is -0.864. The average molecular weight is 465 g/mol. The minimum Gasteiger partial charge on any atom is -0.504 e. The predicted molar refractivity (Wildman–Crippen MR) is 120 cm³/mol. The number of aliphatic hydroxyl groups excluding tert-OH is 2. The first-order chi connectivity index (χ1) is 15.7. The van der Waals surface area contributed by atoms with Crippen molar-refractivity contribution in [3.8, 4) is 0 Å². The van der Waals surface area contributed by atoms with Crippen molar-refractivity contribution in [1.82, 2.24) is 15.6 Å². The molecule has 1 aromatic carbocycles. The number of halogens is 2. The summed E-state index contributed by atoms with van der Waals surface area (Å²) >= 11 is 0. The number of benzene rings is 1. The zero-order valence-corrected chi connectivity index (χ0v) is 19.0. The smallest absolute Gasteiger partial charge is 0.257 e. The van der Waals surface area contributed by atoms with Gasteiger partial charge in [0.25, 0.3) is 11.8 Å². The average Bonchev–Trinajstić information content (AvgIpc) is 2.79. The lowest BCUT2D eigenvalue weighted by molar-refractivity contribution is -0.130. The van der Waals surface area contributed by atoms with Gasteiger partial charge in [-0.05, 0) is 32.3 Å². The van der Waals surface area contributed by atoms with Gasteiger partial charge in [0.2, 0.25) is 0 Å². The Morgan fingerprint density at radius 1 is 1.21 bits per heavy atom. The monoisotopic (exact) mass is 464 g/mol. The van der Waals surface area contributed by atoms with Crippen LogP contribution < -0.4 is 10.7 Å². The van der Waals surface area contributed by atoms with Crippen molar-refractivity contribution in [3.63, 3.8) is 0 Å². The molecule has 0 saturated carbocycles. The van der Waals surface area contributed by atoms with Crippen molar-refractivity contribution in [2.45, 2.75) is 59.2 Å². The van der Waals surface area contributed by atoms with Gasteiger partial charge in [-0.15, -0.1) is 0 Å². The molecule has 2 amide bonds. The van der Waals surface area contributed by atoms with Crippen LogP contribution in [0.4, 0.5) is 8.78 Å². The first-order valence-corrected chi connectivity index (χ1v) is 10.9. The van der Waals surface area contributed by atoms with Gasteiger partial charge in [-0.1, -0.05) is 26.3 Å². The molecular formula is C23H30F2N4O4. The fraction of sp³-hybridized carbons (Fsp3) is 0.435. The number of nitrogens with one attached hydrogen (secondary N) is 2. The molecule has 1 atom stereocenters. The van der Waals surface area contributed by atoms with Gasteiger partial charge >= 0.3 is 0 Å². The second kappa shape index (κ2) is 12.0. The van der Waals surface area contributed by atoms with Crippen molar-refractivity contribution in [3.05, 3.63) is 58.1 Å². The van der Waals surface area contributed by atoms with E-state index in [2.05, 4.69) is 15.8 Å².